The van der Waals surface area contributed by atoms with Crippen molar-refractivity contribution < 1.29 is 24.1 Å². The van der Waals surface area contributed by atoms with Gasteiger partial charge in [-0.1, -0.05) is 13.8 Å². The zero-order valence-corrected chi connectivity index (χ0v) is 16.6. The number of Topliss-reactive ketones (excluding diaryl/α,β-unsaturated/α-hetero) is 1. The van der Waals surface area contributed by atoms with Gasteiger partial charge >= 0.3 is 0 Å². The molecule has 1 saturated heterocycles. The minimum Gasteiger partial charge on any atom is -0.493 e. The summed E-state index contributed by atoms with van der Waals surface area (Å²) in [6, 6.07) is 0. The summed E-state index contributed by atoms with van der Waals surface area (Å²) in [4.78, 5) is 13.8. The Morgan fingerprint density at radius 3 is 2.54 bits per heavy atom. The Morgan fingerprint density at radius 2 is 1.96 bits per heavy atom. The van der Waals surface area contributed by atoms with Gasteiger partial charge in [0.25, 0.3) is 0 Å². The maximum Gasteiger partial charge on any atom is 0.206 e. The van der Waals surface area contributed by atoms with Crippen LogP contribution in [0.25, 0.3) is 0 Å². The first-order valence-electron chi connectivity index (χ1n) is 9.98. The second-order valence-electron chi connectivity index (χ2n) is 9.06. The van der Waals surface area contributed by atoms with Crippen LogP contribution >= 0.6 is 0 Å². The smallest absolute Gasteiger partial charge is 0.206 e. The molecule has 3 aliphatic carbocycles. The Balaban J connectivity index is 2.00. The minimum absolute atomic E-state index is 0.0613. The Morgan fingerprint density at radius 1 is 1.23 bits per heavy atom. The lowest BCUT2D eigenvalue weighted by Crippen LogP contribution is -2.73. The number of aliphatic hydroxyl groups excluding tert-OH is 1. The molecule has 1 spiro atoms. The third-order valence-corrected chi connectivity index (χ3v) is 8.36. The van der Waals surface area contributed by atoms with Crippen LogP contribution in [0.2, 0.25) is 0 Å². The number of hydrogen-bond donors (Lipinski definition) is 1. The first kappa shape index (κ1) is 18.5. The van der Waals surface area contributed by atoms with Gasteiger partial charge in [0.1, 0.15) is 0 Å². The molecule has 1 N–H and O–H groups in total. The molecule has 0 aromatic rings. The van der Waals surface area contributed by atoms with Gasteiger partial charge in [-0.2, -0.15) is 0 Å². The predicted molar refractivity (Wildman–Crippen MR) is 96.4 cm³/mol. The molecule has 146 valence electrons. The van der Waals surface area contributed by atoms with Crippen LogP contribution < -0.4 is 0 Å². The van der Waals surface area contributed by atoms with E-state index in [1.54, 1.807) is 14.2 Å². The van der Waals surface area contributed by atoms with Crippen LogP contribution in [-0.2, 0) is 19.0 Å². The van der Waals surface area contributed by atoms with Crippen molar-refractivity contribution in [1.82, 2.24) is 0 Å². The number of methoxy groups -OCH3 is 2. The van der Waals surface area contributed by atoms with Gasteiger partial charge in [-0.3, -0.25) is 4.79 Å². The van der Waals surface area contributed by atoms with E-state index < -0.39 is 11.5 Å². The molecule has 0 amide bonds. The standard InChI is InChI=1S/C21H32O5/c1-11-6-7-13(22)9-21-12(2)17(11)18(25-5)19(23)20(21,3)16(24-4)8-15-14(21)10-26-15/h11-16,22H,6-10H2,1-5H3. The first-order chi connectivity index (χ1) is 12.3. The Labute approximate surface area is 156 Å². The third-order valence-electron chi connectivity index (χ3n) is 8.36. The van der Waals surface area contributed by atoms with Crippen molar-refractivity contribution in [2.45, 2.75) is 64.8 Å². The fourth-order valence-electron chi connectivity index (χ4n) is 6.97. The molecule has 8 atom stereocenters. The molecule has 1 heterocycles. The number of hydrogen-bond acceptors (Lipinski definition) is 5. The van der Waals surface area contributed by atoms with E-state index in [0.717, 1.165) is 24.8 Å². The van der Waals surface area contributed by atoms with Gasteiger partial charge in [-0.05, 0) is 43.6 Å². The van der Waals surface area contributed by atoms with Crippen molar-refractivity contribution in [2.75, 3.05) is 20.8 Å². The molecule has 0 aromatic carbocycles. The monoisotopic (exact) mass is 364 g/mol. The number of aliphatic hydroxyl groups is 1. The number of carbonyl (C=O) groups excluding carboxylic acids is 1. The number of ether oxygens (including phenoxy) is 3. The quantitative estimate of drug-likeness (QED) is 0.816. The van der Waals surface area contributed by atoms with E-state index in [2.05, 4.69) is 20.8 Å². The molecule has 1 aliphatic heterocycles. The Bertz CT molecular complexity index is 642. The summed E-state index contributed by atoms with van der Waals surface area (Å²) in [5, 5.41) is 10.9. The average molecular weight is 364 g/mol. The van der Waals surface area contributed by atoms with Gasteiger partial charge in [-0.25, -0.2) is 0 Å². The molecule has 26 heavy (non-hydrogen) atoms. The highest BCUT2D eigenvalue weighted by molar-refractivity contribution is 6.01. The lowest BCUT2D eigenvalue weighted by molar-refractivity contribution is -0.284. The lowest BCUT2D eigenvalue weighted by Gasteiger charge is -2.68. The maximum absolute atomic E-state index is 13.8. The number of allylic oxidation sites excluding steroid dienone is 2. The van der Waals surface area contributed by atoms with Crippen molar-refractivity contribution in [3.8, 4) is 0 Å². The molecule has 0 aromatic heterocycles. The van der Waals surface area contributed by atoms with Crippen molar-refractivity contribution in [3.05, 3.63) is 11.3 Å². The predicted octanol–water partition coefficient (Wildman–Crippen LogP) is 2.71. The van der Waals surface area contributed by atoms with Crippen LogP contribution in [0, 0.1) is 28.6 Å². The van der Waals surface area contributed by atoms with Gasteiger partial charge in [0.05, 0.1) is 37.4 Å². The molecule has 0 radical (unpaired) electrons. The number of ketones is 1. The van der Waals surface area contributed by atoms with E-state index in [0.29, 0.717) is 18.8 Å². The topological polar surface area (TPSA) is 65.0 Å². The second kappa shape index (κ2) is 6.05. The van der Waals surface area contributed by atoms with Crippen LogP contribution in [0.1, 0.15) is 46.5 Å². The number of rotatable bonds is 2. The van der Waals surface area contributed by atoms with Crippen molar-refractivity contribution in [3.63, 3.8) is 0 Å². The van der Waals surface area contributed by atoms with Crippen LogP contribution in [0.15, 0.2) is 11.3 Å². The maximum atomic E-state index is 13.8. The average Bonchev–Trinajstić information content (AvgIpc) is 2.58. The molecule has 2 bridgehead atoms. The van der Waals surface area contributed by atoms with Crippen LogP contribution in [0.3, 0.4) is 0 Å². The van der Waals surface area contributed by atoms with E-state index in [4.69, 9.17) is 14.2 Å². The summed E-state index contributed by atoms with van der Waals surface area (Å²) in [5.74, 6) is 1.26. The van der Waals surface area contributed by atoms with Gasteiger partial charge < -0.3 is 19.3 Å². The molecule has 4 rings (SSSR count). The summed E-state index contributed by atoms with van der Waals surface area (Å²) < 4.78 is 17.5. The lowest BCUT2D eigenvalue weighted by atomic mass is 9.38. The highest BCUT2D eigenvalue weighted by atomic mass is 16.5. The van der Waals surface area contributed by atoms with Gasteiger partial charge in [0.2, 0.25) is 5.78 Å². The highest BCUT2D eigenvalue weighted by Crippen LogP contribution is 2.69. The molecule has 4 aliphatic rings. The zero-order chi connectivity index (χ0) is 18.9. The van der Waals surface area contributed by atoms with E-state index in [1.807, 2.05) is 0 Å². The summed E-state index contributed by atoms with van der Waals surface area (Å²) in [6.07, 6.45) is 2.50. The van der Waals surface area contributed by atoms with E-state index in [9.17, 15) is 9.90 Å². The molecule has 2 saturated carbocycles. The molecular weight excluding hydrogens is 332 g/mol. The number of fused-ring (bicyclic) bond motifs is 2. The Hall–Kier alpha value is -0.910. The second-order valence-corrected chi connectivity index (χ2v) is 9.06. The molecular formula is C21H32O5. The minimum atomic E-state index is -0.709. The van der Waals surface area contributed by atoms with Crippen LogP contribution in [-0.4, -0.2) is 50.0 Å². The summed E-state index contributed by atoms with van der Waals surface area (Å²) in [7, 11) is 3.30. The Kier molecular flexibility index (Phi) is 4.29. The van der Waals surface area contributed by atoms with Crippen LogP contribution in [0.5, 0.6) is 0 Å². The summed E-state index contributed by atoms with van der Waals surface area (Å²) in [5.41, 5.74) is 0.0837. The van der Waals surface area contributed by atoms with Gasteiger partial charge in [-0.15, -0.1) is 0 Å². The van der Waals surface area contributed by atoms with Gasteiger partial charge in [0, 0.05) is 24.9 Å². The van der Waals surface area contributed by atoms with Gasteiger partial charge in [0.15, 0.2) is 5.76 Å². The van der Waals surface area contributed by atoms with Crippen LogP contribution in [0.4, 0.5) is 0 Å². The number of carbonyl (C=O) groups is 1. The molecule has 8 unspecified atom stereocenters. The highest BCUT2D eigenvalue weighted by Gasteiger charge is 2.73. The largest absolute Gasteiger partial charge is 0.493 e. The zero-order valence-electron chi connectivity index (χ0n) is 16.6. The fourth-order valence-corrected chi connectivity index (χ4v) is 6.97. The molecule has 3 fully saturated rings. The van der Waals surface area contributed by atoms with E-state index in [1.165, 1.54) is 0 Å². The molecule has 5 nitrogen and oxygen atoms in total. The van der Waals surface area contributed by atoms with Crippen molar-refractivity contribution in [2.24, 2.45) is 28.6 Å². The SMILES string of the molecule is COC1=C2C(C)CCC(O)CC3(C2C)C2COC2CC(OC)C3(C)C1=O. The third kappa shape index (κ3) is 2.00. The fraction of sp³-hybridized carbons (Fsp3) is 0.857. The first-order valence-corrected chi connectivity index (χ1v) is 9.98. The van der Waals surface area contributed by atoms with Crippen molar-refractivity contribution >= 4 is 5.78 Å². The van der Waals surface area contributed by atoms with E-state index >= 15 is 0 Å². The normalized spacial score (nSPS) is 50.9. The summed E-state index contributed by atoms with van der Waals surface area (Å²) >= 11 is 0. The van der Waals surface area contributed by atoms with Crippen molar-refractivity contribution in [1.29, 1.82) is 0 Å². The summed E-state index contributed by atoms with van der Waals surface area (Å²) in [6.45, 7) is 7.13. The van der Waals surface area contributed by atoms with E-state index in [-0.39, 0.29) is 41.2 Å². The molecule has 5 heteroatoms.